The Morgan fingerprint density at radius 2 is 1.93 bits per heavy atom. The van der Waals surface area contributed by atoms with Crippen LogP contribution in [0.5, 0.6) is 0 Å². The van der Waals surface area contributed by atoms with Gasteiger partial charge in [0.2, 0.25) is 5.91 Å². The molecule has 168 valence electrons. The third-order valence-electron chi connectivity index (χ3n) is 6.07. The zero-order valence-electron chi connectivity index (χ0n) is 16.9. The van der Waals surface area contributed by atoms with Crippen LogP contribution in [0, 0.1) is 5.41 Å². The number of ether oxygens (including phenoxy) is 1. The van der Waals surface area contributed by atoms with Gasteiger partial charge in [-0.05, 0) is 38.6 Å². The summed E-state index contributed by atoms with van der Waals surface area (Å²) in [4.78, 5) is 26.6. The SMILES string of the molecule is Cn1cc(N2CCC3(CCCN(C4CCOCC4)C3)C2=O)cn1.O=C(O)C(F)(F)F. The second kappa shape index (κ2) is 8.93. The molecule has 3 fully saturated rings. The molecule has 30 heavy (non-hydrogen) atoms. The van der Waals surface area contributed by atoms with Crippen molar-refractivity contribution in [2.24, 2.45) is 12.5 Å². The summed E-state index contributed by atoms with van der Waals surface area (Å²) in [6, 6.07) is 0.598. The number of alkyl halides is 3. The summed E-state index contributed by atoms with van der Waals surface area (Å²) in [7, 11) is 1.90. The molecular formula is C19H27F3N4O4. The number of carboxylic acids is 1. The highest BCUT2D eigenvalue weighted by atomic mass is 19.4. The van der Waals surface area contributed by atoms with E-state index < -0.39 is 12.1 Å². The van der Waals surface area contributed by atoms with E-state index in [1.807, 2.05) is 18.1 Å². The topological polar surface area (TPSA) is 87.9 Å². The van der Waals surface area contributed by atoms with Crippen molar-refractivity contribution in [3.05, 3.63) is 12.4 Å². The molecule has 3 aliphatic rings. The van der Waals surface area contributed by atoms with E-state index in [0.29, 0.717) is 11.9 Å². The molecule has 0 aromatic carbocycles. The van der Waals surface area contributed by atoms with Crippen LogP contribution in [0.3, 0.4) is 0 Å². The molecule has 1 amide bonds. The zero-order valence-corrected chi connectivity index (χ0v) is 16.9. The van der Waals surface area contributed by atoms with Crippen molar-refractivity contribution in [3.8, 4) is 0 Å². The molecule has 4 rings (SSSR count). The van der Waals surface area contributed by atoms with Crippen LogP contribution in [0.1, 0.15) is 32.1 Å². The number of carbonyl (C=O) groups is 2. The second-order valence-corrected chi connectivity index (χ2v) is 8.08. The van der Waals surface area contributed by atoms with Gasteiger partial charge in [-0.3, -0.25) is 14.4 Å². The molecular weight excluding hydrogens is 405 g/mol. The maximum absolute atomic E-state index is 13.2. The number of aliphatic carboxylic acids is 1. The largest absolute Gasteiger partial charge is 0.490 e. The first-order valence-electron chi connectivity index (χ1n) is 10.0. The van der Waals surface area contributed by atoms with Crippen LogP contribution in [-0.4, -0.2) is 76.7 Å². The Morgan fingerprint density at radius 1 is 1.27 bits per heavy atom. The van der Waals surface area contributed by atoms with Gasteiger partial charge in [0.15, 0.2) is 0 Å². The molecule has 11 heteroatoms. The minimum absolute atomic E-state index is 0.174. The Morgan fingerprint density at radius 3 is 2.50 bits per heavy atom. The lowest BCUT2D eigenvalue weighted by molar-refractivity contribution is -0.192. The van der Waals surface area contributed by atoms with Gasteiger partial charge in [0, 0.05) is 45.6 Å². The Labute approximate surface area is 172 Å². The summed E-state index contributed by atoms with van der Waals surface area (Å²) in [5.74, 6) is -2.45. The Balaban J connectivity index is 0.000000318. The molecule has 1 N–H and O–H groups in total. The quantitative estimate of drug-likeness (QED) is 0.770. The van der Waals surface area contributed by atoms with Crippen LogP contribution in [-0.2, 0) is 21.4 Å². The maximum Gasteiger partial charge on any atom is 0.490 e. The number of amides is 1. The van der Waals surface area contributed by atoms with E-state index in [2.05, 4.69) is 10.00 Å². The Kier molecular flexibility index (Phi) is 6.71. The molecule has 0 aliphatic carbocycles. The van der Waals surface area contributed by atoms with Crippen molar-refractivity contribution in [2.75, 3.05) is 37.7 Å². The van der Waals surface area contributed by atoms with E-state index in [4.69, 9.17) is 14.6 Å². The number of nitrogens with zero attached hydrogens (tertiary/aromatic N) is 4. The predicted molar refractivity (Wildman–Crippen MR) is 101 cm³/mol. The van der Waals surface area contributed by atoms with Crippen molar-refractivity contribution < 1.29 is 32.6 Å². The highest BCUT2D eigenvalue weighted by Gasteiger charge is 2.50. The number of likely N-dealkylation sites (tertiary alicyclic amines) is 1. The molecule has 0 bridgehead atoms. The van der Waals surface area contributed by atoms with Gasteiger partial charge in [-0.15, -0.1) is 0 Å². The fourth-order valence-electron chi connectivity index (χ4n) is 4.52. The predicted octanol–water partition coefficient (Wildman–Crippen LogP) is 2.05. The van der Waals surface area contributed by atoms with E-state index in [9.17, 15) is 18.0 Å². The van der Waals surface area contributed by atoms with Gasteiger partial charge in [-0.2, -0.15) is 18.3 Å². The van der Waals surface area contributed by atoms with Gasteiger partial charge >= 0.3 is 12.1 Å². The molecule has 0 radical (unpaired) electrons. The van der Waals surface area contributed by atoms with Crippen LogP contribution < -0.4 is 4.90 Å². The van der Waals surface area contributed by atoms with Crippen LogP contribution in [0.25, 0.3) is 0 Å². The number of anilines is 1. The van der Waals surface area contributed by atoms with Crippen molar-refractivity contribution in [1.82, 2.24) is 14.7 Å². The average molecular weight is 432 g/mol. The minimum Gasteiger partial charge on any atom is -0.475 e. The van der Waals surface area contributed by atoms with E-state index in [1.165, 1.54) is 0 Å². The zero-order chi connectivity index (χ0) is 21.9. The van der Waals surface area contributed by atoms with Crippen molar-refractivity contribution in [1.29, 1.82) is 0 Å². The lowest BCUT2D eigenvalue weighted by Gasteiger charge is -2.43. The molecule has 3 aliphatic heterocycles. The third kappa shape index (κ3) is 4.94. The van der Waals surface area contributed by atoms with E-state index in [-0.39, 0.29) is 5.41 Å². The lowest BCUT2D eigenvalue weighted by Crippen LogP contribution is -2.52. The number of hydrogen-bond acceptors (Lipinski definition) is 5. The molecule has 1 aromatic heterocycles. The van der Waals surface area contributed by atoms with Gasteiger partial charge in [0.1, 0.15) is 0 Å². The number of carboxylic acid groups (broad SMARTS) is 1. The van der Waals surface area contributed by atoms with Crippen LogP contribution >= 0.6 is 0 Å². The lowest BCUT2D eigenvalue weighted by atomic mass is 9.77. The maximum atomic E-state index is 13.2. The van der Waals surface area contributed by atoms with E-state index in [0.717, 1.165) is 70.6 Å². The normalized spacial score (nSPS) is 26.0. The third-order valence-corrected chi connectivity index (χ3v) is 6.07. The Bertz CT molecular complexity index is 763. The number of piperidine rings is 1. The van der Waals surface area contributed by atoms with Crippen LogP contribution in [0.15, 0.2) is 12.4 Å². The first-order chi connectivity index (χ1) is 14.1. The first kappa shape index (κ1) is 22.5. The number of aromatic nitrogens is 2. The van der Waals surface area contributed by atoms with Gasteiger partial charge in [0.05, 0.1) is 17.3 Å². The average Bonchev–Trinajstić information content (AvgIpc) is 3.26. The number of carbonyl (C=O) groups excluding carboxylic acids is 1. The Hall–Kier alpha value is -2.14. The molecule has 3 saturated heterocycles. The summed E-state index contributed by atoms with van der Waals surface area (Å²) >= 11 is 0. The van der Waals surface area contributed by atoms with Crippen molar-refractivity contribution >= 4 is 17.6 Å². The molecule has 4 heterocycles. The highest BCUT2D eigenvalue weighted by Crippen LogP contribution is 2.42. The smallest absolute Gasteiger partial charge is 0.475 e. The number of aryl methyl sites for hydroxylation is 1. The monoisotopic (exact) mass is 432 g/mol. The molecule has 1 spiro atoms. The van der Waals surface area contributed by atoms with Crippen LogP contribution in [0.2, 0.25) is 0 Å². The summed E-state index contributed by atoms with van der Waals surface area (Å²) < 4.78 is 39.0. The standard InChI is InChI=1S/C17H26N4O2.C2HF3O2/c1-19-12-15(11-18-19)21-8-6-17(16(21)22)5-2-7-20(13-17)14-3-9-23-10-4-14;3-2(4,5)1(6)7/h11-12,14H,2-10,13H2,1H3;(H,6,7). The fourth-order valence-corrected chi connectivity index (χ4v) is 4.52. The molecule has 0 saturated carbocycles. The number of rotatable bonds is 2. The van der Waals surface area contributed by atoms with E-state index in [1.54, 1.807) is 10.9 Å². The van der Waals surface area contributed by atoms with Gasteiger partial charge < -0.3 is 14.7 Å². The van der Waals surface area contributed by atoms with Gasteiger partial charge in [-0.1, -0.05) is 0 Å². The van der Waals surface area contributed by atoms with Crippen molar-refractivity contribution in [3.63, 3.8) is 0 Å². The fraction of sp³-hybridized carbons (Fsp3) is 0.737. The van der Waals surface area contributed by atoms with Crippen molar-refractivity contribution in [2.45, 2.75) is 44.3 Å². The number of hydrogen-bond donors (Lipinski definition) is 1. The van der Waals surface area contributed by atoms with Gasteiger partial charge in [0.25, 0.3) is 0 Å². The van der Waals surface area contributed by atoms with E-state index >= 15 is 0 Å². The minimum atomic E-state index is -5.08. The summed E-state index contributed by atoms with van der Waals surface area (Å²) in [6.45, 7) is 4.61. The summed E-state index contributed by atoms with van der Waals surface area (Å²) in [5.41, 5.74) is 0.768. The molecule has 1 atom stereocenters. The second-order valence-electron chi connectivity index (χ2n) is 8.08. The summed E-state index contributed by atoms with van der Waals surface area (Å²) in [5, 5.41) is 11.3. The molecule has 8 nitrogen and oxygen atoms in total. The highest BCUT2D eigenvalue weighted by molar-refractivity contribution is 6.00. The van der Waals surface area contributed by atoms with Crippen LogP contribution in [0.4, 0.5) is 18.9 Å². The summed E-state index contributed by atoms with van der Waals surface area (Å²) in [6.07, 6.45) is 4.01. The number of halogens is 3. The van der Waals surface area contributed by atoms with Gasteiger partial charge in [-0.25, -0.2) is 4.79 Å². The molecule has 1 aromatic rings. The first-order valence-corrected chi connectivity index (χ1v) is 10.0. The molecule has 1 unspecified atom stereocenters.